The van der Waals surface area contributed by atoms with Crippen LogP contribution in [-0.4, -0.2) is 22.1 Å². The van der Waals surface area contributed by atoms with Crippen LogP contribution in [-0.2, 0) is 12.7 Å². The molecule has 0 unspecified atom stereocenters. The maximum Gasteiger partial charge on any atom is 0.416 e. The third kappa shape index (κ3) is 3.59. The van der Waals surface area contributed by atoms with Gasteiger partial charge in [-0.25, -0.2) is 9.37 Å². The van der Waals surface area contributed by atoms with Crippen LogP contribution in [0.15, 0.2) is 30.5 Å². The van der Waals surface area contributed by atoms with Gasteiger partial charge in [-0.2, -0.15) is 18.2 Å². The Labute approximate surface area is 117 Å². The number of aromatic nitrogens is 2. The van der Waals surface area contributed by atoms with Gasteiger partial charge in [0.25, 0.3) is 0 Å². The van der Waals surface area contributed by atoms with Gasteiger partial charge in [-0.15, -0.1) is 0 Å². The minimum Gasteiger partial charge on any atom is -0.479 e. The van der Waals surface area contributed by atoms with E-state index in [-0.39, 0.29) is 12.4 Å². The fourth-order valence-corrected chi connectivity index (χ4v) is 1.76. The van der Waals surface area contributed by atoms with Crippen molar-refractivity contribution in [2.75, 3.05) is 11.9 Å². The van der Waals surface area contributed by atoms with Crippen LogP contribution in [0.1, 0.15) is 11.1 Å². The number of aromatic hydroxyl groups is 1. The van der Waals surface area contributed by atoms with Crippen LogP contribution in [0.4, 0.5) is 23.4 Å². The summed E-state index contributed by atoms with van der Waals surface area (Å²) < 4.78 is 50.8. The lowest BCUT2D eigenvalue weighted by molar-refractivity contribution is -0.137. The van der Waals surface area contributed by atoms with Crippen LogP contribution in [0, 0.1) is 5.82 Å². The van der Waals surface area contributed by atoms with Crippen LogP contribution in [0.3, 0.4) is 0 Å². The van der Waals surface area contributed by atoms with Crippen LogP contribution in [0.5, 0.6) is 6.01 Å². The predicted octanol–water partition coefficient (Wildman–Crippen LogP) is 2.98. The molecule has 8 heteroatoms. The van der Waals surface area contributed by atoms with Gasteiger partial charge in [0.05, 0.1) is 11.8 Å². The maximum absolute atomic E-state index is 13.5. The van der Waals surface area contributed by atoms with Gasteiger partial charge in [0.1, 0.15) is 0 Å². The van der Waals surface area contributed by atoms with Gasteiger partial charge < -0.3 is 10.0 Å². The average molecular weight is 301 g/mol. The standard InChI is InChI=1S/C13H11F4N3O/c1-20(11-10(14)6-18-12(21)19-11)7-8-2-4-9(5-3-8)13(15,16)17/h2-6H,7H2,1H3,(H,18,19,21). The first-order valence-electron chi connectivity index (χ1n) is 5.86. The van der Waals surface area contributed by atoms with Crippen molar-refractivity contribution in [1.29, 1.82) is 0 Å². The van der Waals surface area contributed by atoms with Crippen LogP contribution in [0.25, 0.3) is 0 Å². The van der Waals surface area contributed by atoms with Crippen LogP contribution < -0.4 is 4.90 Å². The molecule has 1 aromatic carbocycles. The normalized spacial score (nSPS) is 11.5. The molecule has 0 radical (unpaired) electrons. The molecule has 0 amide bonds. The Kier molecular flexibility index (Phi) is 3.97. The van der Waals surface area contributed by atoms with Gasteiger partial charge in [0, 0.05) is 13.6 Å². The first-order chi connectivity index (χ1) is 9.77. The largest absolute Gasteiger partial charge is 0.479 e. The van der Waals surface area contributed by atoms with Gasteiger partial charge >= 0.3 is 12.2 Å². The van der Waals surface area contributed by atoms with E-state index in [0.29, 0.717) is 5.56 Å². The Hall–Kier alpha value is -2.38. The number of halogens is 4. The van der Waals surface area contributed by atoms with E-state index in [9.17, 15) is 17.6 Å². The Morgan fingerprint density at radius 1 is 1.19 bits per heavy atom. The van der Waals surface area contributed by atoms with Crippen molar-refractivity contribution in [1.82, 2.24) is 9.97 Å². The molecule has 0 aliphatic carbocycles. The maximum atomic E-state index is 13.5. The van der Waals surface area contributed by atoms with Gasteiger partial charge in [-0.3, -0.25) is 0 Å². The SMILES string of the molecule is CN(Cc1ccc(C(F)(F)F)cc1)c1nc(O)ncc1F. The molecule has 1 aromatic heterocycles. The highest BCUT2D eigenvalue weighted by Gasteiger charge is 2.29. The fourth-order valence-electron chi connectivity index (χ4n) is 1.76. The predicted molar refractivity (Wildman–Crippen MR) is 67.2 cm³/mol. The summed E-state index contributed by atoms with van der Waals surface area (Å²) in [5.74, 6) is -0.871. The minimum absolute atomic E-state index is 0.130. The lowest BCUT2D eigenvalue weighted by Gasteiger charge is -2.18. The molecule has 1 N–H and O–H groups in total. The number of nitrogens with zero attached hydrogens (tertiary/aromatic N) is 3. The number of benzene rings is 1. The van der Waals surface area contributed by atoms with Crippen molar-refractivity contribution >= 4 is 5.82 Å². The quantitative estimate of drug-likeness (QED) is 0.886. The smallest absolute Gasteiger partial charge is 0.416 e. The third-order valence-electron chi connectivity index (χ3n) is 2.78. The second kappa shape index (κ2) is 5.55. The molecule has 4 nitrogen and oxygen atoms in total. The monoisotopic (exact) mass is 301 g/mol. The second-order valence-corrected chi connectivity index (χ2v) is 4.39. The van der Waals surface area contributed by atoms with Crippen molar-refractivity contribution in [3.05, 3.63) is 47.4 Å². The van der Waals surface area contributed by atoms with Crippen molar-refractivity contribution in [3.8, 4) is 6.01 Å². The number of hydrogen-bond acceptors (Lipinski definition) is 4. The molecule has 0 bridgehead atoms. The van der Waals surface area contributed by atoms with Gasteiger partial charge in [0.15, 0.2) is 11.6 Å². The second-order valence-electron chi connectivity index (χ2n) is 4.39. The van der Waals surface area contributed by atoms with E-state index in [1.54, 1.807) is 0 Å². The van der Waals surface area contributed by atoms with E-state index in [4.69, 9.17) is 5.11 Å². The van der Waals surface area contributed by atoms with E-state index in [0.717, 1.165) is 18.3 Å². The molecule has 0 atom stereocenters. The summed E-state index contributed by atoms with van der Waals surface area (Å²) in [6.45, 7) is 0.130. The Bertz CT molecular complexity index is 628. The molecule has 0 aliphatic heterocycles. The Balaban J connectivity index is 2.16. The van der Waals surface area contributed by atoms with E-state index >= 15 is 0 Å². The number of alkyl halides is 3. The third-order valence-corrected chi connectivity index (χ3v) is 2.78. The molecule has 0 spiro atoms. The van der Waals surface area contributed by atoms with Gasteiger partial charge in [-0.1, -0.05) is 12.1 Å². The van der Waals surface area contributed by atoms with E-state index in [1.807, 2.05) is 0 Å². The van der Waals surface area contributed by atoms with Crippen molar-refractivity contribution in [3.63, 3.8) is 0 Å². The highest BCUT2D eigenvalue weighted by Crippen LogP contribution is 2.29. The van der Waals surface area contributed by atoms with E-state index in [1.165, 1.54) is 24.1 Å². The van der Waals surface area contributed by atoms with E-state index in [2.05, 4.69) is 9.97 Å². The highest BCUT2D eigenvalue weighted by molar-refractivity contribution is 5.40. The summed E-state index contributed by atoms with van der Waals surface area (Å²) in [6.07, 6.45) is -3.57. The lowest BCUT2D eigenvalue weighted by Crippen LogP contribution is -2.19. The van der Waals surface area contributed by atoms with Gasteiger partial charge in [0.2, 0.25) is 0 Å². The average Bonchev–Trinajstić information content (AvgIpc) is 2.41. The zero-order valence-corrected chi connectivity index (χ0v) is 10.9. The molecule has 0 saturated carbocycles. The summed E-state index contributed by atoms with van der Waals surface area (Å²) in [7, 11) is 1.50. The fraction of sp³-hybridized carbons (Fsp3) is 0.231. The van der Waals surface area contributed by atoms with Crippen molar-refractivity contribution in [2.24, 2.45) is 0 Å². The summed E-state index contributed by atoms with van der Waals surface area (Å²) >= 11 is 0. The summed E-state index contributed by atoms with van der Waals surface area (Å²) in [5.41, 5.74) is -0.206. The zero-order valence-electron chi connectivity index (χ0n) is 10.9. The summed E-state index contributed by atoms with van der Waals surface area (Å²) in [6, 6.07) is 3.94. The molecule has 21 heavy (non-hydrogen) atoms. The first kappa shape index (κ1) is 15.0. The van der Waals surface area contributed by atoms with Gasteiger partial charge in [-0.05, 0) is 17.7 Å². The zero-order chi connectivity index (χ0) is 15.6. The molecular weight excluding hydrogens is 290 g/mol. The molecule has 0 fully saturated rings. The van der Waals surface area contributed by atoms with Crippen LogP contribution in [0.2, 0.25) is 0 Å². The van der Waals surface area contributed by atoms with Crippen molar-refractivity contribution < 1.29 is 22.7 Å². The molecular formula is C13H11F4N3O. The lowest BCUT2D eigenvalue weighted by atomic mass is 10.1. The molecule has 0 aliphatic rings. The Morgan fingerprint density at radius 3 is 2.38 bits per heavy atom. The first-order valence-corrected chi connectivity index (χ1v) is 5.86. The number of hydrogen-bond donors (Lipinski definition) is 1. The minimum atomic E-state index is -4.39. The Morgan fingerprint density at radius 2 is 1.81 bits per heavy atom. The molecule has 2 rings (SSSR count). The topological polar surface area (TPSA) is 49.2 Å². The summed E-state index contributed by atoms with van der Waals surface area (Å²) in [4.78, 5) is 8.19. The van der Waals surface area contributed by atoms with Crippen LogP contribution >= 0.6 is 0 Å². The number of rotatable bonds is 3. The molecule has 2 aromatic rings. The highest BCUT2D eigenvalue weighted by atomic mass is 19.4. The number of anilines is 1. The molecule has 0 saturated heterocycles. The molecule has 1 heterocycles. The summed E-state index contributed by atoms with van der Waals surface area (Å²) in [5, 5.41) is 9.14. The van der Waals surface area contributed by atoms with Crippen molar-refractivity contribution in [2.45, 2.75) is 12.7 Å². The van der Waals surface area contributed by atoms with E-state index < -0.39 is 23.6 Å². The molecule has 112 valence electrons.